The summed E-state index contributed by atoms with van der Waals surface area (Å²) in [6, 6.07) is 6.45. The Morgan fingerprint density at radius 3 is 2.86 bits per heavy atom. The second-order valence-electron chi connectivity index (χ2n) is 4.42. The Morgan fingerprint density at radius 1 is 1.33 bits per heavy atom. The number of hydrogen-bond acceptors (Lipinski definition) is 5. The van der Waals surface area contributed by atoms with E-state index in [1.54, 1.807) is 12.1 Å². The first kappa shape index (κ1) is 14.5. The van der Waals surface area contributed by atoms with Crippen molar-refractivity contribution in [2.24, 2.45) is 0 Å². The number of nitrogens with zero attached hydrogens (tertiary/aromatic N) is 3. The van der Waals surface area contributed by atoms with Gasteiger partial charge in [-0.25, -0.2) is 4.68 Å². The molecule has 0 fully saturated rings. The number of nitrogens with one attached hydrogen (secondary N) is 1. The molecule has 0 aliphatic carbocycles. The molecule has 21 heavy (non-hydrogen) atoms. The number of carboxylic acid groups (broad SMARTS) is 1. The van der Waals surface area contributed by atoms with Crippen LogP contribution in [0.5, 0.6) is 5.75 Å². The van der Waals surface area contributed by atoms with Crippen molar-refractivity contribution in [3.63, 3.8) is 0 Å². The van der Waals surface area contributed by atoms with Crippen LogP contribution in [0.3, 0.4) is 0 Å². The largest absolute Gasteiger partial charge is 0.508 e. The molecule has 1 heterocycles. The number of carbonyl (C=O) groups excluding carboxylic acids is 1. The Bertz CT molecular complexity index is 653. The van der Waals surface area contributed by atoms with Crippen LogP contribution >= 0.6 is 0 Å². The highest BCUT2D eigenvalue weighted by atomic mass is 16.4. The molecule has 0 saturated heterocycles. The maximum atomic E-state index is 11.7. The topological polar surface area (TPSA) is 117 Å². The number of aliphatic carboxylic acids is 1. The smallest absolute Gasteiger partial charge is 0.325 e. The van der Waals surface area contributed by atoms with E-state index in [1.807, 2.05) is 0 Å². The standard InChI is InChI=1S/C13H14N4O4/c18-11-3-1-2-9(4-11)5-12(19)14-6-10-7-17(16-15-10)8-13(20)21/h1-4,7,18H,5-6,8H2,(H,14,19)(H,20,21). The monoisotopic (exact) mass is 290 g/mol. The minimum absolute atomic E-state index is 0.108. The first-order valence-electron chi connectivity index (χ1n) is 6.18. The Balaban J connectivity index is 1.83. The van der Waals surface area contributed by atoms with Crippen LogP contribution in [0.1, 0.15) is 11.3 Å². The maximum Gasteiger partial charge on any atom is 0.325 e. The van der Waals surface area contributed by atoms with Gasteiger partial charge in [0.15, 0.2) is 0 Å². The Labute approximate surface area is 120 Å². The number of phenols is 1. The molecule has 1 aromatic heterocycles. The van der Waals surface area contributed by atoms with E-state index in [9.17, 15) is 14.7 Å². The highest BCUT2D eigenvalue weighted by Gasteiger charge is 2.07. The lowest BCUT2D eigenvalue weighted by atomic mass is 10.1. The van der Waals surface area contributed by atoms with Crippen LogP contribution in [0.2, 0.25) is 0 Å². The zero-order chi connectivity index (χ0) is 15.2. The highest BCUT2D eigenvalue weighted by Crippen LogP contribution is 2.11. The van der Waals surface area contributed by atoms with Gasteiger partial charge < -0.3 is 15.5 Å². The average Bonchev–Trinajstić information content (AvgIpc) is 2.83. The first-order chi connectivity index (χ1) is 10.0. The van der Waals surface area contributed by atoms with Crippen LogP contribution in [-0.4, -0.2) is 37.1 Å². The predicted octanol–water partition coefficient (Wildman–Crippen LogP) is -0.0728. The molecule has 0 saturated carbocycles. The van der Waals surface area contributed by atoms with Gasteiger partial charge in [0.25, 0.3) is 0 Å². The minimum Gasteiger partial charge on any atom is -0.508 e. The van der Waals surface area contributed by atoms with E-state index in [0.717, 1.165) is 0 Å². The van der Waals surface area contributed by atoms with E-state index in [2.05, 4.69) is 15.6 Å². The normalized spacial score (nSPS) is 10.3. The molecular formula is C13H14N4O4. The number of rotatable bonds is 6. The lowest BCUT2D eigenvalue weighted by Gasteiger charge is -2.03. The SMILES string of the molecule is O=C(O)Cn1cc(CNC(=O)Cc2cccc(O)c2)nn1. The summed E-state index contributed by atoms with van der Waals surface area (Å²) in [5.74, 6) is -1.13. The van der Waals surface area contributed by atoms with Gasteiger partial charge in [-0.1, -0.05) is 17.3 Å². The van der Waals surface area contributed by atoms with Crippen molar-refractivity contribution in [1.29, 1.82) is 0 Å². The summed E-state index contributed by atoms with van der Waals surface area (Å²) in [7, 11) is 0. The van der Waals surface area contributed by atoms with Gasteiger partial charge in [-0.05, 0) is 17.7 Å². The van der Waals surface area contributed by atoms with Crippen molar-refractivity contribution in [3.8, 4) is 5.75 Å². The summed E-state index contributed by atoms with van der Waals surface area (Å²) in [6.07, 6.45) is 1.60. The van der Waals surface area contributed by atoms with Gasteiger partial charge in [0.05, 0.1) is 19.2 Å². The minimum atomic E-state index is -1.01. The van der Waals surface area contributed by atoms with Gasteiger partial charge in [0.2, 0.25) is 5.91 Å². The summed E-state index contributed by atoms with van der Waals surface area (Å²) >= 11 is 0. The van der Waals surface area contributed by atoms with Gasteiger partial charge in [-0.3, -0.25) is 9.59 Å². The molecule has 0 radical (unpaired) electrons. The zero-order valence-corrected chi connectivity index (χ0v) is 11.1. The first-order valence-corrected chi connectivity index (χ1v) is 6.18. The van der Waals surface area contributed by atoms with Crippen molar-refractivity contribution >= 4 is 11.9 Å². The van der Waals surface area contributed by atoms with Crippen molar-refractivity contribution < 1.29 is 19.8 Å². The summed E-state index contributed by atoms with van der Waals surface area (Å²) in [6.45, 7) is -0.110. The molecule has 110 valence electrons. The molecule has 0 aliphatic rings. The fraction of sp³-hybridized carbons (Fsp3) is 0.231. The molecule has 2 aromatic rings. The van der Waals surface area contributed by atoms with E-state index in [4.69, 9.17) is 5.11 Å². The molecule has 0 aliphatic heterocycles. The van der Waals surface area contributed by atoms with Crippen LogP contribution < -0.4 is 5.32 Å². The molecule has 0 bridgehead atoms. The molecule has 3 N–H and O–H groups in total. The van der Waals surface area contributed by atoms with Crippen molar-refractivity contribution in [1.82, 2.24) is 20.3 Å². The number of benzene rings is 1. The highest BCUT2D eigenvalue weighted by molar-refractivity contribution is 5.78. The maximum absolute atomic E-state index is 11.7. The lowest BCUT2D eigenvalue weighted by Crippen LogP contribution is -2.24. The van der Waals surface area contributed by atoms with Crippen LogP contribution in [0.15, 0.2) is 30.5 Å². The molecule has 2 rings (SSSR count). The van der Waals surface area contributed by atoms with E-state index in [0.29, 0.717) is 11.3 Å². The van der Waals surface area contributed by atoms with Crippen LogP contribution in [0.4, 0.5) is 0 Å². The van der Waals surface area contributed by atoms with E-state index in [1.165, 1.54) is 23.0 Å². The number of carbonyl (C=O) groups is 2. The molecule has 0 spiro atoms. The summed E-state index contributed by atoms with van der Waals surface area (Å²) in [4.78, 5) is 22.2. The van der Waals surface area contributed by atoms with Gasteiger partial charge in [-0.2, -0.15) is 0 Å². The summed E-state index contributed by atoms with van der Waals surface area (Å²) in [5, 5.41) is 27.9. The molecule has 8 nitrogen and oxygen atoms in total. The third kappa shape index (κ3) is 4.60. The number of phenolic OH excluding ortho intramolecular Hbond substituents is 1. The second-order valence-corrected chi connectivity index (χ2v) is 4.42. The molecular weight excluding hydrogens is 276 g/mol. The summed E-state index contributed by atoms with van der Waals surface area (Å²) in [5.41, 5.74) is 1.17. The second kappa shape index (κ2) is 6.51. The Morgan fingerprint density at radius 2 is 2.14 bits per heavy atom. The van der Waals surface area contributed by atoms with Gasteiger partial charge in [0, 0.05) is 0 Å². The van der Waals surface area contributed by atoms with Gasteiger partial charge in [-0.15, -0.1) is 5.10 Å². The number of carboxylic acids is 1. The Hall–Kier alpha value is -2.90. The van der Waals surface area contributed by atoms with Gasteiger partial charge >= 0.3 is 5.97 Å². The number of aromatic hydroxyl groups is 1. The van der Waals surface area contributed by atoms with Crippen LogP contribution in [0, 0.1) is 0 Å². The molecule has 0 unspecified atom stereocenters. The summed E-state index contributed by atoms with van der Waals surface area (Å²) < 4.78 is 1.18. The number of aromatic nitrogens is 3. The van der Waals surface area contributed by atoms with Crippen molar-refractivity contribution in [2.45, 2.75) is 19.5 Å². The third-order valence-electron chi connectivity index (χ3n) is 2.63. The fourth-order valence-corrected chi connectivity index (χ4v) is 1.74. The third-order valence-corrected chi connectivity index (χ3v) is 2.63. The van der Waals surface area contributed by atoms with E-state index < -0.39 is 5.97 Å². The fourth-order valence-electron chi connectivity index (χ4n) is 1.74. The molecule has 1 aromatic carbocycles. The zero-order valence-electron chi connectivity index (χ0n) is 11.1. The Kier molecular flexibility index (Phi) is 4.50. The quantitative estimate of drug-likeness (QED) is 0.685. The predicted molar refractivity (Wildman–Crippen MR) is 71.3 cm³/mol. The van der Waals surface area contributed by atoms with Crippen molar-refractivity contribution in [2.75, 3.05) is 0 Å². The molecule has 0 atom stereocenters. The van der Waals surface area contributed by atoms with Crippen LogP contribution in [-0.2, 0) is 29.1 Å². The van der Waals surface area contributed by atoms with E-state index in [-0.39, 0.29) is 31.2 Å². The lowest BCUT2D eigenvalue weighted by molar-refractivity contribution is -0.138. The number of hydrogen-bond donors (Lipinski definition) is 3. The van der Waals surface area contributed by atoms with Gasteiger partial charge in [0.1, 0.15) is 18.0 Å². The average molecular weight is 290 g/mol. The van der Waals surface area contributed by atoms with Crippen LogP contribution in [0.25, 0.3) is 0 Å². The number of amides is 1. The van der Waals surface area contributed by atoms with E-state index >= 15 is 0 Å². The molecule has 1 amide bonds. The van der Waals surface area contributed by atoms with Crippen molar-refractivity contribution in [3.05, 3.63) is 41.7 Å². The molecule has 8 heteroatoms.